The van der Waals surface area contributed by atoms with Crippen LogP contribution >= 0.6 is 0 Å². The molecule has 4 heteroatoms. The molecule has 0 bridgehead atoms. The highest BCUT2D eigenvalue weighted by molar-refractivity contribution is 5.42. The van der Waals surface area contributed by atoms with E-state index in [0.29, 0.717) is 0 Å². The van der Waals surface area contributed by atoms with Crippen molar-refractivity contribution in [2.45, 2.75) is 26.3 Å². The van der Waals surface area contributed by atoms with Gasteiger partial charge in [0.2, 0.25) is 0 Å². The molecule has 96 valence electrons. The summed E-state index contributed by atoms with van der Waals surface area (Å²) in [5.74, 6) is 0.896. The number of hydrogen-bond acceptors (Lipinski definition) is 2. The SMILES string of the molecule is CCCc1nccn1CCNc1cccc(F)c1. The number of aromatic nitrogens is 2. The minimum atomic E-state index is -0.214. The van der Waals surface area contributed by atoms with Gasteiger partial charge in [0.05, 0.1) is 0 Å². The number of benzene rings is 1. The first-order valence-electron chi connectivity index (χ1n) is 6.29. The van der Waals surface area contributed by atoms with Crippen molar-refractivity contribution >= 4 is 5.69 Å². The number of nitrogens with one attached hydrogen (secondary N) is 1. The van der Waals surface area contributed by atoms with E-state index in [1.54, 1.807) is 6.07 Å². The second-order valence-corrected chi connectivity index (χ2v) is 4.22. The predicted octanol–water partition coefficient (Wildman–Crippen LogP) is 3.09. The normalized spacial score (nSPS) is 10.6. The highest BCUT2D eigenvalue weighted by atomic mass is 19.1. The Kier molecular flexibility index (Phi) is 4.34. The van der Waals surface area contributed by atoms with Gasteiger partial charge in [0.15, 0.2) is 0 Å². The van der Waals surface area contributed by atoms with Gasteiger partial charge in [-0.05, 0) is 24.6 Å². The van der Waals surface area contributed by atoms with Crippen LogP contribution in [0.15, 0.2) is 36.7 Å². The largest absolute Gasteiger partial charge is 0.383 e. The Morgan fingerprint density at radius 2 is 2.28 bits per heavy atom. The Bertz CT molecular complexity index is 493. The van der Waals surface area contributed by atoms with Crippen molar-refractivity contribution in [3.8, 4) is 0 Å². The molecule has 3 nitrogen and oxygen atoms in total. The van der Waals surface area contributed by atoms with Crippen LogP contribution in [0, 0.1) is 5.82 Å². The zero-order chi connectivity index (χ0) is 12.8. The molecule has 1 aromatic heterocycles. The highest BCUT2D eigenvalue weighted by Gasteiger charge is 2.01. The maximum atomic E-state index is 13.0. The van der Waals surface area contributed by atoms with E-state index in [1.807, 2.05) is 18.5 Å². The van der Waals surface area contributed by atoms with Crippen LogP contribution in [0.2, 0.25) is 0 Å². The van der Waals surface area contributed by atoms with Crippen molar-refractivity contribution in [2.75, 3.05) is 11.9 Å². The van der Waals surface area contributed by atoms with Crippen molar-refractivity contribution in [2.24, 2.45) is 0 Å². The molecule has 0 spiro atoms. The number of halogens is 1. The molecule has 0 fully saturated rings. The first kappa shape index (κ1) is 12.6. The zero-order valence-electron chi connectivity index (χ0n) is 10.6. The lowest BCUT2D eigenvalue weighted by Crippen LogP contribution is -2.12. The number of rotatable bonds is 6. The van der Waals surface area contributed by atoms with E-state index in [0.717, 1.165) is 37.4 Å². The molecule has 1 aromatic carbocycles. The Labute approximate surface area is 107 Å². The van der Waals surface area contributed by atoms with Crippen LogP contribution in [-0.2, 0) is 13.0 Å². The molecule has 0 unspecified atom stereocenters. The molecule has 1 heterocycles. The Balaban J connectivity index is 1.86. The van der Waals surface area contributed by atoms with Crippen LogP contribution < -0.4 is 5.32 Å². The fraction of sp³-hybridized carbons (Fsp3) is 0.357. The van der Waals surface area contributed by atoms with Crippen LogP contribution in [0.25, 0.3) is 0 Å². The fourth-order valence-corrected chi connectivity index (χ4v) is 1.91. The summed E-state index contributed by atoms with van der Waals surface area (Å²) in [5.41, 5.74) is 0.812. The van der Waals surface area contributed by atoms with E-state index in [-0.39, 0.29) is 5.82 Å². The van der Waals surface area contributed by atoms with Crippen LogP contribution in [0.3, 0.4) is 0 Å². The average molecular weight is 247 g/mol. The number of anilines is 1. The first-order chi connectivity index (χ1) is 8.79. The minimum Gasteiger partial charge on any atom is -0.383 e. The van der Waals surface area contributed by atoms with Gasteiger partial charge in [-0.15, -0.1) is 0 Å². The third-order valence-corrected chi connectivity index (χ3v) is 2.78. The topological polar surface area (TPSA) is 29.9 Å². The minimum absolute atomic E-state index is 0.214. The Morgan fingerprint density at radius 1 is 1.39 bits per heavy atom. The van der Waals surface area contributed by atoms with Gasteiger partial charge in [0, 0.05) is 37.6 Å². The summed E-state index contributed by atoms with van der Waals surface area (Å²) >= 11 is 0. The number of hydrogen-bond donors (Lipinski definition) is 1. The van der Waals surface area contributed by atoms with Gasteiger partial charge >= 0.3 is 0 Å². The number of aryl methyl sites for hydroxylation is 1. The molecule has 0 amide bonds. The van der Waals surface area contributed by atoms with Gasteiger partial charge in [-0.25, -0.2) is 9.37 Å². The lowest BCUT2D eigenvalue weighted by molar-refractivity contribution is 0.627. The number of imidazole rings is 1. The lowest BCUT2D eigenvalue weighted by atomic mass is 10.3. The molecular formula is C14H18FN3. The third kappa shape index (κ3) is 3.32. The zero-order valence-corrected chi connectivity index (χ0v) is 10.6. The van der Waals surface area contributed by atoms with Gasteiger partial charge in [0.25, 0.3) is 0 Å². The van der Waals surface area contributed by atoms with E-state index >= 15 is 0 Å². The molecule has 2 aromatic rings. The molecule has 0 aliphatic carbocycles. The van der Waals surface area contributed by atoms with Crippen molar-refractivity contribution in [1.29, 1.82) is 0 Å². The van der Waals surface area contributed by atoms with Gasteiger partial charge in [-0.3, -0.25) is 0 Å². The smallest absolute Gasteiger partial charge is 0.125 e. The molecule has 0 saturated heterocycles. The second-order valence-electron chi connectivity index (χ2n) is 4.22. The van der Waals surface area contributed by atoms with Crippen molar-refractivity contribution < 1.29 is 4.39 Å². The molecule has 0 atom stereocenters. The maximum Gasteiger partial charge on any atom is 0.125 e. The standard InChI is InChI=1S/C14H18FN3/c1-2-4-14-17-8-10-18(14)9-7-16-13-6-3-5-12(15)11-13/h3,5-6,8,10-11,16H,2,4,7,9H2,1H3. The monoisotopic (exact) mass is 247 g/mol. The summed E-state index contributed by atoms with van der Waals surface area (Å²) in [4.78, 5) is 4.32. The summed E-state index contributed by atoms with van der Waals surface area (Å²) in [6.07, 6.45) is 5.90. The molecule has 0 radical (unpaired) electrons. The van der Waals surface area contributed by atoms with Gasteiger partial charge in [-0.2, -0.15) is 0 Å². The van der Waals surface area contributed by atoms with Crippen LogP contribution in [0.5, 0.6) is 0 Å². The summed E-state index contributed by atoms with van der Waals surface area (Å²) in [5, 5.41) is 3.20. The molecule has 0 aliphatic heterocycles. The Hall–Kier alpha value is -1.84. The highest BCUT2D eigenvalue weighted by Crippen LogP contribution is 2.09. The number of nitrogens with zero attached hydrogens (tertiary/aromatic N) is 2. The Morgan fingerprint density at radius 3 is 3.06 bits per heavy atom. The predicted molar refractivity (Wildman–Crippen MR) is 71.1 cm³/mol. The first-order valence-corrected chi connectivity index (χ1v) is 6.29. The molecular weight excluding hydrogens is 229 g/mol. The lowest BCUT2D eigenvalue weighted by Gasteiger charge is -2.09. The van der Waals surface area contributed by atoms with E-state index in [1.165, 1.54) is 12.1 Å². The maximum absolute atomic E-state index is 13.0. The summed E-state index contributed by atoms with van der Waals surface area (Å²) in [6.45, 7) is 3.74. The van der Waals surface area contributed by atoms with E-state index in [9.17, 15) is 4.39 Å². The van der Waals surface area contributed by atoms with Crippen molar-refractivity contribution in [3.05, 3.63) is 48.3 Å². The van der Waals surface area contributed by atoms with E-state index in [2.05, 4.69) is 21.8 Å². The average Bonchev–Trinajstić information content (AvgIpc) is 2.78. The molecule has 1 N–H and O–H groups in total. The van der Waals surface area contributed by atoms with Gasteiger partial charge < -0.3 is 9.88 Å². The van der Waals surface area contributed by atoms with Crippen molar-refractivity contribution in [3.63, 3.8) is 0 Å². The van der Waals surface area contributed by atoms with Gasteiger partial charge in [-0.1, -0.05) is 13.0 Å². The van der Waals surface area contributed by atoms with Gasteiger partial charge in [0.1, 0.15) is 11.6 Å². The van der Waals surface area contributed by atoms with Crippen LogP contribution in [0.4, 0.5) is 10.1 Å². The molecule has 0 aliphatic rings. The third-order valence-electron chi connectivity index (χ3n) is 2.78. The van der Waals surface area contributed by atoms with Crippen LogP contribution in [0.1, 0.15) is 19.2 Å². The fourth-order valence-electron chi connectivity index (χ4n) is 1.91. The second kappa shape index (κ2) is 6.19. The summed E-state index contributed by atoms with van der Waals surface area (Å²) < 4.78 is 15.1. The van der Waals surface area contributed by atoms with E-state index in [4.69, 9.17) is 0 Å². The summed E-state index contributed by atoms with van der Waals surface area (Å²) in [6, 6.07) is 6.52. The quantitative estimate of drug-likeness (QED) is 0.850. The molecule has 0 saturated carbocycles. The van der Waals surface area contributed by atoms with E-state index < -0.39 is 0 Å². The van der Waals surface area contributed by atoms with Crippen LogP contribution in [-0.4, -0.2) is 16.1 Å². The van der Waals surface area contributed by atoms with Crippen molar-refractivity contribution in [1.82, 2.24) is 9.55 Å². The summed E-state index contributed by atoms with van der Waals surface area (Å²) in [7, 11) is 0. The molecule has 2 rings (SSSR count). The molecule has 18 heavy (non-hydrogen) atoms.